The molecule has 0 spiro atoms. The Balaban J connectivity index is 1.97. The summed E-state index contributed by atoms with van der Waals surface area (Å²) < 4.78 is 27.5. The van der Waals surface area contributed by atoms with E-state index in [1.54, 1.807) is 25.1 Å². The highest BCUT2D eigenvalue weighted by Crippen LogP contribution is 2.26. The van der Waals surface area contributed by atoms with Gasteiger partial charge in [-0.25, -0.2) is 13.4 Å². The van der Waals surface area contributed by atoms with Crippen molar-refractivity contribution in [2.45, 2.75) is 18.7 Å². The van der Waals surface area contributed by atoms with Gasteiger partial charge in [0.1, 0.15) is 0 Å². The van der Waals surface area contributed by atoms with Gasteiger partial charge >= 0.3 is 0 Å². The van der Waals surface area contributed by atoms with Crippen LogP contribution in [0, 0.1) is 6.92 Å². The van der Waals surface area contributed by atoms with E-state index in [0.717, 1.165) is 22.1 Å². The summed E-state index contributed by atoms with van der Waals surface area (Å²) in [6.07, 6.45) is 0. The van der Waals surface area contributed by atoms with E-state index in [-0.39, 0.29) is 15.8 Å². The maximum atomic E-state index is 12.5. The van der Waals surface area contributed by atoms with Gasteiger partial charge in [-0.2, -0.15) is 0 Å². The summed E-state index contributed by atoms with van der Waals surface area (Å²) in [5.74, 6) is -0.129. The molecule has 0 saturated carbocycles. The lowest BCUT2D eigenvalue weighted by molar-refractivity contribution is 0.102. The lowest BCUT2D eigenvalue weighted by atomic mass is 10.1. The Kier molecular flexibility index (Phi) is 3.91. The molecule has 0 atom stereocenters. The summed E-state index contributed by atoms with van der Waals surface area (Å²) in [6.45, 7) is 3.11. The molecule has 0 fully saturated rings. The molecule has 118 valence electrons. The summed E-state index contributed by atoms with van der Waals surface area (Å²) in [7, 11) is -3.75. The van der Waals surface area contributed by atoms with Crippen LogP contribution in [0.4, 0.5) is 5.13 Å². The molecule has 1 aromatic heterocycles. The van der Waals surface area contributed by atoms with Gasteiger partial charge in [-0.1, -0.05) is 41.7 Å². The molecule has 0 aliphatic carbocycles. The Morgan fingerprint density at radius 1 is 1.13 bits per heavy atom. The van der Waals surface area contributed by atoms with Crippen molar-refractivity contribution in [2.75, 3.05) is 4.72 Å². The second kappa shape index (κ2) is 5.75. The number of aromatic nitrogens is 1. The van der Waals surface area contributed by atoms with Gasteiger partial charge in [-0.05, 0) is 29.8 Å². The predicted octanol–water partition coefficient (Wildman–Crippen LogP) is 3.61. The smallest absolute Gasteiger partial charge is 0.263 e. The first-order chi connectivity index (χ1) is 10.9. The largest absolute Gasteiger partial charge is 0.294 e. The molecule has 0 aliphatic rings. The zero-order chi connectivity index (χ0) is 16.6. The number of hydrogen-bond donors (Lipinski definition) is 1. The van der Waals surface area contributed by atoms with Gasteiger partial charge in [-0.15, -0.1) is 0 Å². The van der Waals surface area contributed by atoms with Gasteiger partial charge in [0.2, 0.25) is 0 Å². The molecule has 0 bridgehead atoms. The molecule has 0 saturated heterocycles. The number of thiazole rings is 1. The number of rotatable bonds is 4. The number of ketones is 1. The molecule has 0 amide bonds. The minimum Gasteiger partial charge on any atom is -0.294 e. The standard InChI is InChI=1S/C16H14N2O3S2/c1-10-15(11(2)19)22-16(17-10)18-23(20,21)14-8-7-12-5-3-4-6-13(12)9-14/h3-9H,1-2H3,(H,17,18). The minimum atomic E-state index is -3.75. The zero-order valence-electron chi connectivity index (χ0n) is 12.5. The van der Waals surface area contributed by atoms with Crippen molar-refractivity contribution in [1.82, 2.24) is 4.98 Å². The lowest BCUT2D eigenvalue weighted by Crippen LogP contribution is -2.12. The first-order valence-corrected chi connectivity index (χ1v) is 9.17. The number of sulfonamides is 1. The summed E-state index contributed by atoms with van der Waals surface area (Å²) in [4.78, 5) is 16.2. The topological polar surface area (TPSA) is 76.1 Å². The molecule has 5 nitrogen and oxygen atoms in total. The van der Waals surface area contributed by atoms with Crippen molar-refractivity contribution < 1.29 is 13.2 Å². The fourth-order valence-electron chi connectivity index (χ4n) is 2.28. The summed E-state index contributed by atoms with van der Waals surface area (Å²) in [6, 6.07) is 12.5. The molecule has 23 heavy (non-hydrogen) atoms. The molecular formula is C16H14N2O3S2. The Bertz CT molecular complexity index is 1010. The average Bonchev–Trinajstić information content (AvgIpc) is 2.86. The molecule has 2 aromatic carbocycles. The second-order valence-electron chi connectivity index (χ2n) is 5.10. The van der Waals surface area contributed by atoms with Crippen molar-refractivity contribution in [1.29, 1.82) is 0 Å². The molecule has 1 N–H and O–H groups in total. The third-order valence-electron chi connectivity index (χ3n) is 3.37. The Hall–Kier alpha value is -2.25. The Morgan fingerprint density at radius 3 is 2.48 bits per heavy atom. The number of nitrogens with one attached hydrogen (secondary N) is 1. The molecule has 0 aliphatic heterocycles. The van der Waals surface area contributed by atoms with Gasteiger partial charge in [0.25, 0.3) is 10.0 Å². The van der Waals surface area contributed by atoms with Crippen LogP contribution in [0.15, 0.2) is 47.4 Å². The highest BCUT2D eigenvalue weighted by Gasteiger charge is 2.19. The van der Waals surface area contributed by atoms with Crippen LogP contribution in [0.2, 0.25) is 0 Å². The molecule has 0 radical (unpaired) electrons. The van der Waals surface area contributed by atoms with Crippen molar-refractivity contribution in [3.8, 4) is 0 Å². The van der Waals surface area contributed by atoms with Crippen LogP contribution in [0.5, 0.6) is 0 Å². The van der Waals surface area contributed by atoms with Crippen LogP contribution >= 0.6 is 11.3 Å². The van der Waals surface area contributed by atoms with Crippen molar-refractivity contribution in [3.05, 3.63) is 53.0 Å². The number of aryl methyl sites for hydroxylation is 1. The van der Waals surface area contributed by atoms with Gasteiger partial charge in [0, 0.05) is 6.92 Å². The number of fused-ring (bicyclic) bond motifs is 1. The van der Waals surface area contributed by atoms with E-state index < -0.39 is 10.0 Å². The number of benzene rings is 2. The third kappa shape index (κ3) is 3.11. The summed E-state index contributed by atoms with van der Waals surface area (Å²) >= 11 is 1.04. The highest BCUT2D eigenvalue weighted by molar-refractivity contribution is 7.93. The summed E-state index contributed by atoms with van der Waals surface area (Å²) in [5.41, 5.74) is 0.527. The van der Waals surface area contributed by atoms with E-state index in [1.807, 2.05) is 24.3 Å². The van der Waals surface area contributed by atoms with Crippen LogP contribution in [-0.2, 0) is 10.0 Å². The van der Waals surface area contributed by atoms with Crippen LogP contribution < -0.4 is 4.72 Å². The second-order valence-corrected chi connectivity index (χ2v) is 7.79. The van der Waals surface area contributed by atoms with Gasteiger partial charge < -0.3 is 0 Å². The number of nitrogens with zero attached hydrogens (tertiary/aromatic N) is 1. The quantitative estimate of drug-likeness (QED) is 0.732. The first kappa shape index (κ1) is 15.6. The monoisotopic (exact) mass is 346 g/mol. The fourth-order valence-corrected chi connectivity index (χ4v) is 4.41. The predicted molar refractivity (Wildman–Crippen MR) is 91.6 cm³/mol. The van der Waals surface area contributed by atoms with E-state index in [0.29, 0.717) is 10.6 Å². The van der Waals surface area contributed by atoms with Gasteiger partial charge in [0.05, 0.1) is 15.5 Å². The third-order valence-corrected chi connectivity index (χ3v) is 6.01. The number of carbonyl (C=O) groups is 1. The normalized spacial score (nSPS) is 11.6. The van der Waals surface area contributed by atoms with E-state index in [1.165, 1.54) is 6.92 Å². The van der Waals surface area contributed by atoms with E-state index in [9.17, 15) is 13.2 Å². The van der Waals surface area contributed by atoms with Crippen LogP contribution in [-0.4, -0.2) is 19.2 Å². The van der Waals surface area contributed by atoms with Crippen molar-refractivity contribution in [3.63, 3.8) is 0 Å². The van der Waals surface area contributed by atoms with Crippen LogP contribution in [0.1, 0.15) is 22.3 Å². The first-order valence-electron chi connectivity index (χ1n) is 6.87. The number of carbonyl (C=O) groups excluding carboxylic acids is 1. The molecule has 1 heterocycles. The summed E-state index contributed by atoms with van der Waals surface area (Å²) in [5, 5.41) is 2.01. The SMILES string of the molecule is CC(=O)c1sc(NS(=O)(=O)c2ccc3ccccc3c2)nc1C. The molecule has 0 unspecified atom stereocenters. The van der Waals surface area contributed by atoms with Gasteiger partial charge in [-0.3, -0.25) is 9.52 Å². The molecule has 3 rings (SSSR count). The number of anilines is 1. The number of hydrogen-bond acceptors (Lipinski definition) is 5. The van der Waals surface area contributed by atoms with E-state index in [4.69, 9.17) is 0 Å². The van der Waals surface area contributed by atoms with E-state index in [2.05, 4.69) is 9.71 Å². The van der Waals surface area contributed by atoms with Crippen molar-refractivity contribution in [2.24, 2.45) is 0 Å². The molecule has 3 aromatic rings. The Labute approximate surface area is 138 Å². The Morgan fingerprint density at radius 2 is 1.83 bits per heavy atom. The maximum absolute atomic E-state index is 12.5. The fraction of sp³-hybridized carbons (Fsp3) is 0.125. The van der Waals surface area contributed by atoms with Crippen molar-refractivity contribution >= 4 is 43.0 Å². The van der Waals surface area contributed by atoms with E-state index >= 15 is 0 Å². The van der Waals surface area contributed by atoms with Gasteiger partial charge in [0.15, 0.2) is 10.9 Å². The average molecular weight is 346 g/mol. The molecule has 7 heteroatoms. The number of Topliss-reactive ketones (excluding diaryl/α,β-unsaturated/α-hetero) is 1. The maximum Gasteiger partial charge on any atom is 0.263 e. The highest BCUT2D eigenvalue weighted by atomic mass is 32.2. The van der Waals surface area contributed by atoms with Crippen LogP contribution in [0.3, 0.4) is 0 Å². The zero-order valence-corrected chi connectivity index (χ0v) is 14.2. The lowest BCUT2D eigenvalue weighted by Gasteiger charge is -2.06. The minimum absolute atomic E-state index is 0.129. The van der Waals surface area contributed by atoms with Crippen LogP contribution in [0.25, 0.3) is 10.8 Å². The molecular weight excluding hydrogens is 332 g/mol.